The summed E-state index contributed by atoms with van der Waals surface area (Å²) in [4.78, 5) is 6.35. The second-order valence-electron chi connectivity index (χ2n) is 3.58. The quantitative estimate of drug-likeness (QED) is 0.684. The van der Waals surface area contributed by atoms with E-state index in [1.165, 1.54) is 0 Å². The van der Waals surface area contributed by atoms with E-state index in [-0.39, 0.29) is 0 Å². The topological polar surface area (TPSA) is 41.6 Å². The van der Waals surface area contributed by atoms with Crippen molar-refractivity contribution in [2.75, 3.05) is 13.1 Å². The van der Waals surface area contributed by atoms with Gasteiger partial charge >= 0.3 is 0 Å². The first-order valence-corrected chi connectivity index (χ1v) is 6.74. The Labute approximate surface area is 116 Å². The Morgan fingerprint density at radius 3 is 2.59 bits per heavy atom. The van der Waals surface area contributed by atoms with Crippen LogP contribution in [0.2, 0.25) is 5.02 Å². The minimum absolute atomic E-state index is 0.508. The van der Waals surface area contributed by atoms with Crippen LogP contribution in [0.4, 0.5) is 0 Å². The predicted molar refractivity (Wildman–Crippen MR) is 77.4 cm³/mol. The van der Waals surface area contributed by atoms with E-state index in [9.17, 15) is 0 Å². The molecule has 0 bridgehead atoms. The van der Waals surface area contributed by atoms with E-state index in [0.29, 0.717) is 17.5 Å². The fourth-order valence-electron chi connectivity index (χ4n) is 1.46. The summed E-state index contributed by atoms with van der Waals surface area (Å²) in [6.07, 6.45) is 0. The van der Waals surface area contributed by atoms with Crippen LogP contribution >= 0.6 is 27.5 Å². The van der Waals surface area contributed by atoms with Crippen LogP contribution in [0, 0.1) is 0 Å². The fraction of sp³-hybridized carbons (Fsp3) is 0.417. The number of aliphatic imine (C=N–C) groups is 1. The average molecular weight is 319 g/mol. The number of hydrogen-bond donors (Lipinski definition) is 1. The Hall–Kier alpha value is -0.740. The lowest BCUT2D eigenvalue weighted by molar-refractivity contribution is 0.458. The molecule has 94 valence electrons. The highest BCUT2D eigenvalue weighted by atomic mass is 79.9. The highest BCUT2D eigenvalue weighted by molar-refractivity contribution is 9.10. The van der Waals surface area contributed by atoms with Crippen LogP contribution in [-0.4, -0.2) is 23.9 Å². The molecule has 2 N–H and O–H groups in total. The molecule has 0 saturated heterocycles. The van der Waals surface area contributed by atoms with Crippen molar-refractivity contribution in [2.24, 2.45) is 10.7 Å². The monoisotopic (exact) mass is 317 g/mol. The highest BCUT2D eigenvalue weighted by Gasteiger charge is 2.03. The number of halogens is 2. The van der Waals surface area contributed by atoms with Crippen LogP contribution in [-0.2, 0) is 6.54 Å². The lowest BCUT2D eigenvalue weighted by Gasteiger charge is -2.19. The molecule has 1 aromatic rings. The van der Waals surface area contributed by atoms with Crippen LogP contribution in [0.3, 0.4) is 0 Å². The van der Waals surface area contributed by atoms with Crippen molar-refractivity contribution in [1.29, 1.82) is 0 Å². The largest absolute Gasteiger partial charge is 0.370 e. The third-order valence-corrected chi connectivity index (χ3v) is 3.36. The summed E-state index contributed by atoms with van der Waals surface area (Å²) in [6, 6.07) is 5.76. The SMILES string of the molecule is CCN(CC)C(N)=NCc1ccc(Br)cc1Cl. The van der Waals surface area contributed by atoms with Gasteiger partial charge in [-0.15, -0.1) is 0 Å². The van der Waals surface area contributed by atoms with E-state index in [2.05, 4.69) is 34.8 Å². The zero-order chi connectivity index (χ0) is 12.8. The molecular formula is C12H17BrClN3. The number of nitrogens with two attached hydrogens (primary N) is 1. The smallest absolute Gasteiger partial charge is 0.191 e. The van der Waals surface area contributed by atoms with Crippen LogP contribution < -0.4 is 5.73 Å². The normalized spacial score (nSPS) is 11.6. The standard InChI is InChI=1S/C12H17BrClN3/c1-3-17(4-2)12(15)16-8-9-5-6-10(13)7-11(9)14/h5-7H,3-4,8H2,1-2H3,(H2,15,16). The Morgan fingerprint density at radius 2 is 2.06 bits per heavy atom. The Morgan fingerprint density at radius 1 is 1.41 bits per heavy atom. The summed E-state index contributed by atoms with van der Waals surface area (Å²) in [5.41, 5.74) is 6.87. The molecule has 0 unspecified atom stereocenters. The molecule has 0 atom stereocenters. The second kappa shape index (κ2) is 6.87. The molecule has 1 rings (SSSR count). The highest BCUT2D eigenvalue weighted by Crippen LogP contribution is 2.21. The summed E-state index contributed by atoms with van der Waals surface area (Å²) in [5.74, 6) is 0.564. The lowest BCUT2D eigenvalue weighted by Crippen LogP contribution is -2.37. The van der Waals surface area contributed by atoms with Gasteiger partial charge in [0.25, 0.3) is 0 Å². The first-order valence-electron chi connectivity index (χ1n) is 5.57. The third kappa shape index (κ3) is 4.21. The molecule has 0 radical (unpaired) electrons. The number of benzene rings is 1. The molecule has 3 nitrogen and oxygen atoms in total. The summed E-state index contributed by atoms with van der Waals surface area (Å²) < 4.78 is 0.965. The van der Waals surface area contributed by atoms with Crippen molar-refractivity contribution >= 4 is 33.5 Å². The van der Waals surface area contributed by atoms with Crippen LogP contribution in [0.15, 0.2) is 27.7 Å². The van der Waals surface area contributed by atoms with Gasteiger partial charge in [0.1, 0.15) is 0 Å². The van der Waals surface area contributed by atoms with Gasteiger partial charge < -0.3 is 10.6 Å². The molecule has 0 aliphatic rings. The van der Waals surface area contributed by atoms with E-state index in [0.717, 1.165) is 23.1 Å². The van der Waals surface area contributed by atoms with Gasteiger partial charge in [0.2, 0.25) is 0 Å². The van der Waals surface area contributed by atoms with Crippen molar-refractivity contribution in [3.63, 3.8) is 0 Å². The van der Waals surface area contributed by atoms with Crippen molar-refractivity contribution in [3.05, 3.63) is 33.3 Å². The maximum Gasteiger partial charge on any atom is 0.191 e. The minimum Gasteiger partial charge on any atom is -0.370 e. The van der Waals surface area contributed by atoms with E-state index >= 15 is 0 Å². The van der Waals surface area contributed by atoms with Crippen molar-refractivity contribution < 1.29 is 0 Å². The third-order valence-electron chi connectivity index (χ3n) is 2.51. The number of rotatable bonds is 4. The number of hydrogen-bond acceptors (Lipinski definition) is 1. The second-order valence-corrected chi connectivity index (χ2v) is 4.91. The summed E-state index contributed by atoms with van der Waals surface area (Å²) in [7, 11) is 0. The van der Waals surface area contributed by atoms with Gasteiger partial charge in [-0.3, -0.25) is 0 Å². The van der Waals surface area contributed by atoms with Gasteiger partial charge in [0.15, 0.2) is 5.96 Å². The Kier molecular flexibility index (Phi) is 5.78. The molecule has 0 amide bonds. The summed E-state index contributed by atoms with van der Waals surface area (Å²) in [6.45, 7) is 6.34. The van der Waals surface area contributed by atoms with Crippen molar-refractivity contribution in [3.8, 4) is 0 Å². The van der Waals surface area contributed by atoms with Gasteiger partial charge in [0, 0.05) is 22.6 Å². The summed E-state index contributed by atoms with van der Waals surface area (Å²) in [5, 5.41) is 0.704. The Balaban J connectivity index is 2.75. The molecule has 0 heterocycles. The zero-order valence-electron chi connectivity index (χ0n) is 10.1. The fourth-order valence-corrected chi connectivity index (χ4v) is 2.20. The number of guanidine groups is 1. The zero-order valence-corrected chi connectivity index (χ0v) is 12.4. The van der Waals surface area contributed by atoms with Gasteiger partial charge in [-0.05, 0) is 31.5 Å². The van der Waals surface area contributed by atoms with E-state index in [1.807, 2.05) is 23.1 Å². The van der Waals surface area contributed by atoms with Crippen molar-refractivity contribution in [1.82, 2.24) is 4.90 Å². The van der Waals surface area contributed by atoms with Gasteiger partial charge in [-0.25, -0.2) is 4.99 Å². The molecule has 5 heteroatoms. The molecule has 0 spiro atoms. The minimum atomic E-state index is 0.508. The molecule has 17 heavy (non-hydrogen) atoms. The maximum absolute atomic E-state index is 6.11. The van der Waals surface area contributed by atoms with Crippen molar-refractivity contribution in [2.45, 2.75) is 20.4 Å². The Bertz CT molecular complexity index is 403. The molecule has 0 aliphatic carbocycles. The first kappa shape index (κ1) is 14.3. The number of nitrogens with zero attached hydrogens (tertiary/aromatic N) is 2. The molecule has 0 aromatic heterocycles. The van der Waals surface area contributed by atoms with E-state index in [1.54, 1.807) is 0 Å². The molecular weight excluding hydrogens is 302 g/mol. The van der Waals surface area contributed by atoms with Crippen LogP contribution in [0.1, 0.15) is 19.4 Å². The average Bonchev–Trinajstić information content (AvgIpc) is 2.29. The maximum atomic E-state index is 6.11. The molecule has 0 fully saturated rings. The first-order chi connectivity index (χ1) is 8.08. The van der Waals surface area contributed by atoms with Gasteiger partial charge in [0.05, 0.1) is 6.54 Å². The van der Waals surface area contributed by atoms with E-state index in [4.69, 9.17) is 17.3 Å². The molecule has 0 aliphatic heterocycles. The molecule has 0 saturated carbocycles. The van der Waals surface area contributed by atoms with Gasteiger partial charge in [-0.2, -0.15) is 0 Å². The van der Waals surface area contributed by atoms with Gasteiger partial charge in [-0.1, -0.05) is 33.6 Å². The van der Waals surface area contributed by atoms with Crippen LogP contribution in [0.25, 0.3) is 0 Å². The predicted octanol–water partition coefficient (Wildman–Crippen LogP) is 3.26. The lowest BCUT2D eigenvalue weighted by atomic mass is 10.2. The van der Waals surface area contributed by atoms with Crippen LogP contribution in [0.5, 0.6) is 0 Å². The summed E-state index contributed by atoms with van der Waals surface area (Å²) >= 11 is 9.48. The molecule has 1 aromatic carbocycles. The van der Waals surface area contributed by atoms with E-state index < -0.39 is 0 Å².